The predicted octanol–water partition coefficient (Wildman–Crippen LogP) is 5.40. The Bertz CT molecular complexity index is 718. The molecule has 0 radical (unpaired) electrons. The van der Waals surface area contributed by atoms with Crippen LogP contribution in [0.3, 0.4) is 0 Å². The van der Waals surface area contributed by atoms with Crippen molar-refractivity contribution in [2.24, 2.45) is 0 Å². The molecule has 112 valence electrons. The standard InChI is InChI=1S/C21H22O/c1-5-15(2)21(20-9-7-6-8-16(20)3)14-18-10-12-19(13-11-18)17(4)22/h5-13H,1,14H2,2-4H3/b21-15-. The highest BCUT2D eigenvalue weighted by atomic mass is 16.1. The lowest BCUT2D eigenvalue weighted by Crippen LogP contribution is -1.98. The minimum atomic E-state index is 0.100. The molecule has 0 bridgehead atoms. The van der Waals surface area contributed by atoms with Crippen LogP contribution in [0, 0.1) is 6.92 Å². The summed E-state index contributed by atoms with van der Waals surface area (Å²) in [7, 11) is 0. The third-order valence-electron chi connectivity index (χ3n) is 3.99. The molecule has 0 amide bonds. The minimum absolute atomic E-state index is 0.100. The average Bonchev–Trinajstić information content (AvgIpc) is 2.53. The summed E-state index contributed by atoms with van der Waals surface area (Å²) in [5, 5.41) is 0. The molecule has 0 spiro atoms. The van der Waals surface area contributed by atoms with E-state index < -0.39 is 0 Å². The number of allylic oxidation sites excluding steroid dienone is 3. The van der Waals surface area contributed by atoms with Gasteiger partial charge in [-0.15, -0.1) is 0 Å². The van der Waals surface area contributed by atoms with E-state index in [0.29, 0.717) is 0 Å². The summed E-state index contributed by atoms with van der Waals surface area (Å²) in [6.07, 6.45) is 2.74. The van der Waals surface area contributed by atoms with Gasteiger partial charge in [0, 0.05) is 5.56 Å². The Kier molecular flexibility index (Phi) is 5.11. The second-order valence-electron chi connectivity index (χ2n) is 5.61. The number of rotatable bonds is 5. The van der Waals surface area contributed by atoms with Gasteiger partial charge in [-0.25, -0.2) is 0 Å². The number of hydrogen-bond acceptors (Lipinski definition) is 1. The van der Waals surface area contributed by atoms with Crippen LogP contribution in [0.1, 0.15) is 40.9 Å². The van der Waals surface area contributed by atoms with Gasteiger partial charge in [-0.1, -0.05) is 61.2 Å². The van der Waals surface area contributed by atoms with Crippen molar-refractivity contribution in [2.45, 2.75) is 27.2 Å². The Morgan fingerprint density at radius 2 is 1.68 bits per heavy atom. The normalized spacial score (nSPS) is 11.8. The zero-order valence-electron chi connectivity index (χ0n) is 13.5. The van der Waals surface area contributed by atoms with Gasteiger partial charge >= 0.3 is 0 Å². The van der Waals surface area contributed by atoms with Crippen LogP contribution in [-0.4, -0.2) is 5.78 Å². The molecule has 22 heavy (non-hydrogen) atoms. The van der Waals surface area contributed by atoms with Gasteiger partial charge < -0.3 is 0 Å². The first-order chi connectivity index (χ1) is 10.5. The second kappa shape index (κ2) is 7.04. The average molecular weight is 290 g/mol. The molecule has 0 N–H and O–H groups in total. The molecular formula is C21H22O. The molecular weight excluding hydrogens is 268 g/mol. The van der Waals surface area contributed by atoms with Crippen molar-refractivity contribution in [1.82, 2.24) is 0 Å². The van der Waals surface area contributed by atoms with E-state index in [9.17, 15) is 4.79 Å². The molecule has 0 aromatic heterocycles. The van der Waals surface area contributed by atoms with E-state index in [2.05, 4.69) is 44.7 Å². The molecule has 2 aromatic carbocycles. The lowest BCUT2D eigenvalue weighted by atomic mass is 9.91. The Balaban J connectivity index is 2.39. The molecule has 0 aliphatic heterocycles. The molecule has 0 unspecified atom stereocenters. The molecule has 1 nitrogen and oxygen atoms in total. The fourth-order valence-electron chi connectivity index (χ4n) is 2.54. The minimum Gasteiger partial charge on any atom is -0.295 e. The van der Waals surface area contributed by atoms with Crippen molar-refractivity contribution in [1.29, 1.82) is 0 Å². The zero-order valence-corrected chi connectivity index (χ0v) is 13.5. The highest BCUT2D eigenvalue weighted by Crippen LogP contribution is 2.26. The number of benzene rings is 2. The highest BCUT2D eigenvalue weighted by Gasteiger charge is 2.09. The van der Waals surface area contributed by atoms with Crippen molar-refractivity contribution in [3.8, 4) is 0 Å². The maximum absolute atomic E-state index is 11.4. The van der Waals surface area contributed by atoms with Gasteiger partial charge in [-0.3, -0.25) is 4.79 Å². The summed E-state index contributed by atoms with van der Waals surface area (Å²) >= 11 is 0. The van der Waals surface area contributed by atoms with E-state index in [0.717, 1.165) is 12.0 Å². The third kappa shape index (κ3) is 3.62. The summed E-state index contributed by atoms with van der Waals surface area (Å²) < 4.78 is 0. The fourth-order valence-corrected chi connectivity index (χ4v) is 2.54. The second-order valence-corrected chi connectivity index (χ2v) is 5.61. The topological polar surface area (TPSA) is 17.1 Å². The molecule has 0 heterocycles. The van der Waals surface area contributed by atoms with Crippen LogP contribution in [0.2, 0.25) is 0 Å². The van der Waals surface area contributed by atoms with Crippen LogP contribution in [0.15, 0.2) is 66.8 Å². The number of carbonyl (C=O) groups excluding carboxylic acids is 1. The summed E-state index contributed by atoms with van der Waals surface area (Å²) in [4.78, 5) is 11.4. The number of carbonyl (C=O) groups is 1. The maximum Gasteiger partial charge on any atom is 0.159 e. The van der Waals surface area contributed by atoms with Gasteiger partial charge in [0.2, 0.25) is 0 Å². The van der Waals surface area contributed by atoms with Crippen LogP contribution in [0.25, 0.3) is 5.57 Å². The van der Waals surface area contributed by atoms with Gasteiger partial charge in [0.15, 0.2) is 5.78 Å². The van der Waals surface area contributed by atoms with Crippen molar-refractivity contribution in [3.63, 3.8) is 0 Å². The first kappa shape index (κ1) is 16.0. The van der Waals surface area contributed by atoms with Crippen molar-refractivity contribution < 1.29 is 4.79 Å². The molecule has 0 aliphatic rings. The first-order valence-corrected chi connectivity index (χ1v) is 7.51. The van der Waals surface area contributed by atoms with E-state index in [-0.39, 0.29) is 5.78 Å². The Morgan fingerprint density at radius 3 is 2.23 bits per heavy atom. The SMILES string of the molecule is C=C/C(C)=C(/Cc1ccc(C(C)=O)cc1)c1ccccc1C. The largest absolute Gasteiger partial charge is 0.295 e. The molecule has 0 saturated carbocycles. The molecule has 0 saturated heterocycles. The number of aryl methyl sites for hydroxylation is 1. The Hall–Kier alpha value is -2.41. The summed E-state index contributed by atoms with van der Waals surface area (Å²) in [5.74, 6) is 0.100. The van der Waals surface area contributed by atoms with Gasteiger partial charge in [0.1, 0.15) is 0 Å². The Labute approximate surface area is 133 Å². The third-order valence-corrected chi connectivity index (χ3v) is 3.99. The number of ketones is 1. The van der Waals surface area contributed by atoms with E-state index in [4.69, 9.17) is 0 Å². The molecule has 0 fully saturated rings. The number of hydrogen-bond donors (Lipinski definition) is 0. The van der Waals surface area contributed by atoms with Crippen LogP contribution >= 0.6 is 0 Å². The molecule has 0 atom stereocenters. The summed E-state index contributed by atoms with van der Waals surface area (Å²) in [6.45, 7) is 9.73. The predicted molar refractivity (Wildman–Crippen MR) is 94.1 cm³/mol. The maximum atomic E-state index is 11.4. The van der Waals surface area contributed by atoms with E-state index in [1.165, 1.54) is 27.8 Å². The molecule has 2 rings (SSSR count). The quantitative estimate of drug-likeness (QED) is 0.532. The van der Waals surface area contributed by atoms with Gasteiger partial charge in [0.25, 0.3) is 0 Å². The van der Waals surface area contributed by atoms with Gasteiger partial charge in [0.05, 0.1) is 0 Å². The van der Waals surface area contributed by atoms with Gasteiger partial charge in [-0.2, -0.15) is 0 Å². The Morgan fingerprint density at radius 1 is 1.05 bits per heavy atom. The van der Waals surface area contributed by atoms with E-state index >= 15 is 0 Å². The zero-order chi connectivity index (χ0) is 16.1. The van der Waals surface area contributed by atoms with Crippen LogP contribution in [0.5, 0.6) is 0 Å². The van der Waals surface area contributed by atoms with Crippen molar-refractivity contribution in [2.75, 3.05) is 0 Å². The molecule has 2 aromatic rings. The first-order valence-electron chi connectivity index (χ1n) is 7.51. The van der Waals surface area contributed by atoms with Crippen molar-refractivity contribution >= 4 is 11.4 Å². The summed E-state index contributed by atoms with van der Waals surface area (Å²) in [5.41, 5.74) is 6.94. The van der Waals surface area contributed by atoms with Crippen LogP contribution < -0.4 is 0 Å². The van der Waals surface area contributed by atoms with E-state index in [1.54, 1.807) is 6.92 Å². The lowest BCUT2D eigenvalue weighted by Gasteiger charge is -2.14. The van der Waals surface area contributed by atoms with Crippen LogP contribution in [0.4, 0.5) is 0 Å². The smallest absolute Gasteiger partial charge is 0.159 e. The number of Topliss-reactive ketones (excluding diaryl/α,β-unsaturated/α-hetero) is 1. The van der Waals surface area contributed by atoms with Gasteiger partial charge in [-0.05, 0) is 55.0 Å². The summed E-state index contributed by atoms with van der Waals surface area (Å²) in [6, 6.07) is 16.3. The monoisotopic (exact) mass is 290 g/mol. The molecule has 1 heteroatoms. The fraction of sp³-hybridized carbons (Fsp3) is 0.190. The van der Waals surface area contributed by atoms with Crippen molar-refractivity contribution in [3.05, 3.63) is 89.0 Å². The molecule has 0 aliphatic carbocycles. The highest BCUT2D eigenvalue weighted by molar-refractivity contribution is 5.94. The lowest BCUT2D eigenvalue weighted by molar-refractivity contribution is 0.101. The van der Waals surface area contributed by atoms with Crippen LogP contribution in [-0.2, 0) is 6.42 Å². The van der Waals surface area contributed by atoms with E-state index in [1.807, 2.05) is 30.3 Å².